The number of rotatable bonds is 3. The van der Waals surface area contributed by atoms with Crippen LogP contribution in [-0.4, -0.2) is 62.3 Å². The van der Waals surface area contributed by atoms with Crippen molar-refractivity contribution in [2.45, 2.75) is 19.9 Å². The third kappa shape index (κ3) is 3.70. The van der Waals surface area contributed by atoms with Crippen molar-refractivity contribution >= 4 is 34.1 Å². The second-order valence-corrected chi connectivity index (χ2v) is 8.19. The highest BCUT2D eigenvalue weighted by Gasteiger charge is 2.23. The molecule has 0 saturated carbocycles. The van der Waals surface area contributed by atoms with E-state index in [1.165, 1.54) is 0 Å². The monoisotopic (exact) mass is 475 g/mol. The Morgan fingerprint density at radius 3 is 2.41 bits per heavy atom. The van der Waals surface area contributed by atoms with E-state index in [2.05, 4.69) is 51.3 Å². The fourth-order valence-corrected chi connectivity index (χ4v) is 3.94. The Morgan fingerprint density at radius 2 is 1.74 bits per heavy atom. The highest BCUT2D eigenvalue weighted by molar-refractivity contribution is 14.1. The van der Waals surface area contributed by atoms with Gasteiger partial charge in [-0.2, -0.15) is 0 Å². The Balaban J connectivity index is 1.50. The Bertz CT molecular complexity index is 958. The summed E-state index contributed by atoms with van der Waals surface area (Å²) in [7, 11) is 0. The van der Waals surface area contributed by atoms with Crippen molar-refractivity contribution in [3.8, 4) is 11.3 Å². The van der Waals surface area contributed by atoms with E-state index in [0.717, 1.165) is 52.3 Å². The Labute approximate surface area is 172 Å². The smallest absolute Gasteiger partial charge is 0.253 e. The third-order valence-electron chi connectivity index (χ3n) is 5.11. The van der Waals surface area contributed by atoms with Gasteiger partial charge in [0.2, 0.25) is 0 Å². The second-order valence-electron chi connectivity index (χ2n) is 7.08. The van der Waals surface area contributed by atoms with Crippen molar-refractivity contribution in [2.24, 2.45) is 0 Å². The molecule has 0 spiro atoms. The molecule has 1 saturated heterocycles. The van der Waals surface area contributed by atoms with Crippen molar-refractivity contribution in [2.75, 3.05) is 26.2 Å². The molecular weight excluding hydrogens is 453 g/mol. The quantitative estimate of drug-likeness (QED) is 0.547. The lowest BCUT2D eigenvalue weighted by atomic mass is 10.1. The molecule has 3 aromatic rings. The van der Waals surface area contributed by atoms with Crippen LogP contribution < -0.4 is 0 Å². The van der Waals surface area contributed by atoms with Gasteiger partial charge in [0.15, 0.2) is 5.65 Å². The second kappa shape index (κ2) is 7.55. The van der Waals surface area contributed by atoms with Gasteiger partial charge in [0.05, 0.1) is 18.1 Å². The number of carbonyl (C=O) groups excluding carboxylic acids is 1. The van der Waals surface area contributed by atoms with Gasteiger partial charge in [-0.05, 0) is 48.6 Å². The molecule has 0 bridgehead atoms. The van der Waals surface area contributed by atoms with Crippen LogP contribution >= 0.6 is 22.6 Å². The Morgan fingerprint density at radius 1 is 1.04 bits per heavy atom. The van der Waals surface area contributed by atoms with Crippen LogP contribution in [0.1, 0.15) is 24.2 Å². The minimum absolute atomic E-state index is 0.109. The Kier molecular flexibility index (Phi) is 5.14. The van der Waals surface area contributed by atoms with Gasteiger partial charge in [-0.15, -0.1) is 0 Å². The lowest BCUT2D eigenvalue weighted by Crippen LogP contribution is -2.50. The summed E-state index contributed by atoms with van der Waals surface area (Å²) < 4.78 is 3.05. The largest absolute Gasteiger partial charge is 0.336 e. The van der Waals surface area contributed by atoms with Gasteiger partial charge < -0.3 is 4.90 Å². The summed E-state index contributed by atoms with van der Waals surface area (Å²) in [5.74, 6) is 0.109. The molecule has 0 unspecified atom stereocenters. The number of piperazine rings is 1. The summed E-state index contributed by atoms with van der Waals surface area (Å²) in [4.78, 5) is 25.9. The third-order valence-corrected chi connectivity index (χ3v) is 5.91. The normalized spacial score (nSPS) is 15.6. The van der Waals surface area contributed by atoms with Crippen LogP contribution in [-0.2, 0) is 0 Å². The van der Waals surface area contributed by atoms with Crippen molar-refractivity contribution in [3.63, 3.8) is 0 Å². The average molecular weight is 475 g/mol. The summed E-state index contributed by atoms with van der Waals surface area (Å²) in [5, 5.41) is 0. The standard InChI is InChI=1S/C20H22IN5O/c1-14(2)24-7-9-25(10-8-24)20(27)16-5-3-15(4-6-16)17-13-26-18(21)11-23-19(26)12-22-17/h3-6,11-14H,7-10H2,1-2H3. The van der Waals surface area contributed by atoms with E-state index >= 15 is 0 Å². The molecule has 1 aromatic carbocycles. The van der Waals surface area contributed by atoms with Crippen LogP contribution in [0.3, 0.4) is 0 Å². The first-order valence-corrected chi connectivity index (χ1v) is 10.2. The fraction of sp³-hybridized carbons (Fsp3) is 0.350. The SMILES string of the molecule is CC(C)N1CCN(C(=O)c2ccc(-c3cn4c(I)cnc4cn3)cc2)CC1. The number of carbonyl (C=O) groups is 1. The van der Waals surface area contributed by atoms with Gasteiger partial charge in [-0.25, -0.2) is 4.98 Å². The zero-order valence-corrected chi connectivity index (χ0v) is 17.6. The highest BCUT2D eigenvalue weighted by atomic mass is 127. The molecule has 4 rings (SSSR count). The van der Waals surface area contributed by atoms with E-state index in [0.29, 0.717) is 6.04 Å². The highest BCUT2D eigenvalue weighted by Crippen LogP contribution is 2.20. The number of aromatic nitrogens is 3. The minimum atomic E-state index is 0.109. The van der Waals surface area contributed by atoms with Crippen molar-refractivity contribution in [1.29, 1.82) is 0 Å². The fourth-order valence-electron chi connectivity index (χ4n) is 3.42. The molecule has 6 nitrogen and oxygen atoms in total. The molecule has 1 amide bonds. The Hall–Kier alpha value is -2.00. The minimum Gasteiger partial charge on any atom is -0.336 e. The van der Waals surface area contributed by atoms with Crippen molar-refractivity contribution in [3.05, 3.63) is 52.1 Å². The molecule has 0 aliphatic carbocycles. The molecule has 1 fully saturated rings. The number of hydrogen-bond donors (Lipinski definition) is 0. The average Bonchev–Trinajstić information content (AvgIpc) is 3.08. The summed E-state index contributed by atoms with van der Waals surface area (Å²) in [6.45, 7) is 7.86. The molecule has 0 N–H and O–H groups in total. The van der Waals surface area contributed by atoms with Crippen LogP contribution in [0.5, 0.6) is 0 Å². The van der Waals surface area contributed by atoms with Crippen LogP contribution in [0.15, 0.2) is 42.9 Å². The van der Waals surface area contributed by atoms with E-state index in [1.807, 2.05) is 46.0 Å². The summed E-state index contributed by atoms with van der Waals surface area (Å²) >= 11 is 2.25. The molecule has 3 heterocycles. The summed E-state index contributed by atoms with van der Waals surface area (Å²) in [5.41, 5.74) is 3.41. The number of imidazole rings is 1. The molecular formula is C20H22IN5O. The number of fused-ring (bicyclic) bond motifs is 1. The maximum absolute atomic E-state index is 12.8. The predicted molar refractivity (Wildman–Crippen MR) is 114 cm³/mol. The van der Waals surface area contributed by atoms with Gasteiger partial charge in [0, 0.05) is 49.5 Å². The zero-order valence-electron chi connectivity index (χ0n) is 15.5. The van der Waals surface area contributed by atoms with E-state index in [-0.39, 0.29) is 5.91 Å². The first-order valence-electron chi connectivity index (χ1n) is 9.15. The van der Waals surface area contributed by atoms with E-state index in [4.69, 9.17) is 0 Å². The van der Waals surface area contributed by atoms with Crippen LogP contribution in [0, 0.1) is 3.70 Å². The first kappa shape index (κ1) is 18.4. The van der Waals surface area contributed by atoms with Crippen LogP contribution in [0.4, 0.5) is 0 Å². The van der Waals surface area contributed by atoms with Gasteiger partial charge in [-0.1, -0.05) is 12.1 Å². The molecule has 27 heavy (non-hydrogen) atoms. The molecule has 1 aliphatic heterocycles. The lowest BCUT2D eigenvalue weighted by Gasteiger charge is -2.37. The van der Waals surface area contributed by atoms with Gasteiger partial charge >= 0.3 is 0 Å². The summed E-state index contributed by atoms with van der Waals surface area (Å²) in [6.07, 6.45) is 5.57. The lowest BCUT2D eigenvalue weighted by molar-refractivity contribution is 0.0595. The van der Waals surface area contributed by atoms with Crippen molar-refractivity contribution < 1.29 is 4.79 Å². The molecule has 140 valence electrons. The van der Waals surface area contributed by atoms with Crippen LogP contribution in [0.25, 0.3) is 16.9 Å². The number of benzene rings is 1. The zero-order chi connectivity index (χ0) is 19.0. The van der Waals surface area contributed by atoms with Crippen molar-refractivity contribution in [1.82, 2.24) is 24.2 Å². The predicted octanol–water partition coefficient (Wildman–Crippen LogP) is 3.17. The van der Waals surface area contributed by atoms with E-state index in [1.54, 1.807) is 6.20 Å². The number of nitrogens with zero attached hydrogens (tertiary/aromatic N) is 5. The number of amides is 1. The van der Waals surface area contributed by atoms with E-state index < -0.39 is 0 Å². The molecule has 0 radical (unpaired) electrons. The van der Waals surface area contributed by atoms with Gasteiger partial charge in [0.25, 0.3) is 5.91 Å². The molecule has 0 atom stereocenters. The van der Waals surface area contributed by atoms with E-state index in [9.17, 15) is 4.79 Å². The summed E-state index contributed by atoms with van der Waals surface area (Å²) in [6, 6.07) is 8.27. The topological polar surface area (TPSA) is 53.7 Å². The molecule has 7 heteroatoms. The molecule has 2 aromatic heterocycles. The maximum atomic E-state index is 12.8. The van der Waals surface area contributed by atoms with Gasteiger partial charge in [0.1, 0.15) is 3.70 Å². The number of halogens is 1. The van der Waals surface area contributed by atoms with Gasteiger partial charge in [-0.3, -0.25) is 19.1 Å². The number of hydrogen-bond acceptors (Lipinski definition) is 4. The first-order chi connectivity index (χ1) is 13.0. The molecule has 1 aliphatic rings. The maximum Gasteiger partial charge on any atom is 0.253 e. The van der Waals surface area contributed by atoms with Crippen LogP contribution in [0.2, 0.25) is 0 Å².